The van der Waals surface area contributed by atoms with Gasteiger partial charge in [-0.05, 0) is 12.1 Å². The lowest BCUT2D eigenvalue weighted by molar-refractivity contribution is 0.122. The van der Waals surface area contributed by atoms with Gasteiger partial charge >= 0.3 is 0 Å². The molecule has 3 rings (SSSR count). The van der Waals surface area contributed by atoms with E-state index < -0.39 is 0 Å². The van der Waals surface area contributed by atoms with E-state index >= 15 is 0 Å². The Bertz CT molecular complexity index is 399. The largest absolute Gasteiger partial charge is 0.378 e. The SMILES string of the molecule is NC1(c2cccc(N3CCOCC3)n2)CNC1. The topological polar surface area (TPSA) is 63.4 Å². The molecule has 0 spiro atoms. The Labute approximate surface area is 101 Å². The number of nitrogens with two attached hydrogens (primary N) is 1. The first-order valence-electron chi connectivity index (χ1n) is 6.08. The molecule has 0 atom stereocenters. The Morgan fingerprint density at radius 1 is 1.29 bits per heavy atom. The molecule has 3 heterocycles. The van der Waals surface area contributed by atoms with Crippen LogP contribution in [0.15, 0.2) is 18.2 Å². The van der Waals surface area contributed by atoms with Gasteiger partial charge in [-0.1, -0.05) is 6.07 Å². The maximum absolute atomic E-state index is 6.25. The second-order valence-electron chi connectivity index (χ2n) is 4.74. The second-order valence-corrected chi connectivity index (χ2v) is 4.74. The van der Waals surface area contributed by atoms with Crippen molar-refractivity contribution in [3.8, 4) is 0 Å². The van der Waals surface area contributed by atoms with Crippen LogP contribution < -0.4 is 16.0 Å². The Hall–Kier alpha value is -1.17. The number of anilines is 1. The third-order valence-corrected chi connectivity index (χ3v) is 3.46. The second kappa shape index (κ2) is 4.25. The molecule has 0 bridgehead atoms. The average Bonchev–Trinajstić information content (AvgIpc) is 2.37. The maximum Gasteiger partial charge on any atom is 0.129 e. The molecule has 92 valence electrons. The fourth-order valence-corrected chi connectivity index (χ4v) is 2.24. The summed E-state index contributed by atoms with van der Waals surface area (Å²) in [4.78, 5) is 6.95. The number of ether oxygens (including phenoxy) is 1. The van der Waals surface area contributed by atoms with E-state index in [1.807, 2.05) is 18.2 Å². The number of pyridine rings is 1. The standard InChI is InChI=1S/C12H18N4O/c13-12(8-14-9-12)10-2-1-3-11(15-10)16-4-6-17-7-5-16/h1-3,14H,4-9,13H2. The van der Waals surface area contributed by atoms with Gasteiger partial charge in [-0.2, -0.15) is 0 Å². The maximum atomic E-state index is 6.25. The molecule has 1 aromatic heterocycles. The average molecular weight is 234 g/mol. The van der Waals surface area contributed by atoms with E-state index in [0.717, 1.165) is 50.9 Å². The number of hydrogen-bond donors (Lipinski definition) is 2. The van der Waals surface area contributed by atoms with Crippen molar-refractivity contribution in [2.45, 2.75) is 5.54 Å². The lowest BCUT2D eigenvalue weighted by atomic mass is 9.89. The van der Waals surface area contributed by atoms with E-state index in [1.54, 1.807) is 0 Å². The van der Waals surface area contributed by atoms with Gasteiger partial charge in [-0.15, -0.1) is 0 Å². The highest BCUT2D eigenvalue weighted by Crippen LogP contribution is 2.23. The van der Waals surface area contributed by atoms with E-state index in [4.69, 9.17) is 15.5 Å². The third kappa shape index (κ3) is 2.01. The minimum absolute atomic E-state index is 0.275. The van der Waals surface area contributed by atoms with Crippen molar-refractivity contribution >= 4 is 5.82 Å². The van der Waals surface area contributed by atoms with Gasteiger partial charge in [0, 0.05) is 26.2 Å². The molecule has 0 saturated carbocycles. The van der Waals surface area contributed by atoms with Crippen LogP contribution in [0.4, 0.5) is 5.82 Å². The number of rotatable bonds is 2. The number of aromatic nitrogens is 1. The fourth-order valence-electron chi connectivity index (χ4n) is 2.24. The summed E-state index contributed by atoms with van der Waals surface area (Å²) < 4.78 is 5.35. The zero-order valence-electron chi connectivity index (χ0n) is 9.85. The van der Waals surface area contributed by atoms with Crippen LogP contribution in [0.3, 0.4) is 0 Å². The van der Waals surface area contributed by atoms with Crippen LogP contribution in [0.1, 0.15) is 5.69 Å². The molecule has 17 heavy (non-hydrogen) atoms. The summed E-state index contributed by atoms with van der Waals surface area (Å²) in [6, 6.07) is 6.11. The van der Waals surface area contributed by atoms with Crippen molar-refractivity contribution in [2.75, 3.05) is 44.3 Å². The van der Waals surface area contributed by atoms with Crippen LogP contribution in [0.2, 0.25) is 0 Å². The van der Waals surface area contributed by atoms with Gasteiger partial charge in [0.1, 0.15) is 5.82 Å². The van der Waals surface area contributed by atoms with Crippen LogP contribution in [-0.2, 0) is 10.3 Å². The van der Waals surface area contributed by atoms with Gasteiger partial charge in [0.2, 0.25) is 0 Å². The molecule has 0 unspecified atom stereocenters. The van der Waals surface area contributed by atoms with Crippen molar-refractivity contribution in [2.24, 2.45) is 5.73 Å². The summed E-state index contributed by atoms with van der Waals surface area (Å²) in [6.45, 7) is 5.00. The highest BCUT2D eigenvalue weighted by atomic mass is 16.5. The summed E-state index contributed by atoms with van der Waals surface area (Å²) >= 11 is 0. The molecule has 0 aromatic carbocycles. The van der Waals surface area contributed by atoms with Crippen LogP contribution in [0.5, 0.6) is 0 Å². The lowest BCUT2D eigenvalue weighted by Gasteiger charge is -2.39. The molecule has 0 aliphatic carbocycles. The zero-order chi connectivity index (χ0) is 11.7. The van der Waals surface area contributed by atoms with Crippen LogP contribution >= 0.6 is 0 Å². The van der Waals surface area contributed by atoms with Gasteiger partial charge in [-0.3, -0.25) is 0 Å². The Kier molecular flexibility index (Phi) is 2.74. The number of nitrogens with one attached hydrogen (secondary N) is 1. The first-order valence-corrected chi connectivity index (χ1v) is 6.08. The summed E-state index contributed by atoms with van der Waals surface area (Å²) in [5.41, 5.74) is 6.97. The van der Waals surface area contributed by atoms with Crippen molar-refractivity contribution < 1.29 is 4.74 Å². The van der Waals surface area contributed by atoms with Gasteiger partial charge in [-0.25, -0.2) is 4.98 Å². The number of nitrogens with zero attached hydrogens (tertiary/aromatic N) is 2. The van der Waals surface area contributed by atoms with Gasteiger partial charge in [0.05, 0.1) is 24.4 Å². The van der Waals surface area contributed by atoms with Crippen LogP contribution in [0.25, 0.3) is 0 Å². The molecule has 3 N–H and O–H groups in total. The molecule has 2 aliphatic rings. The predicted molar refractivity (Wildman–Crippen MR) is 66.0 cm³/mol. The van der Waals surface area contributed by atoms with Crippen LogP contribution in [-0.4, -0.2) is 44.4 Å². The Morgan fingerprint density at radius 2 is 2.06 bits per heavy atom. The summed E-state index contributed by atoms with van der Waals surface area (Å²) in [5, 5.41) is 3.20. The Balaban J connectivity index is 1.83. The van der Waals surface area contributed by atoms with Gasteiger partial charge in [0.15, 0.2) is 0 Å². The van der Waals surface area contributed by atoms with Crippen molar-refractivity contribution in [3.63, 3.8) is 0 Å². The van der Waals surface area contributed by atoms with E-state index in [9.17, 15) is 0 Å². The molecular formula is C12H18N4O. The molecule has 1 aromatic rings. The smallest absolute Gasteiger partial charge is 0.129 e. The number of morpholine rings is 1. The molecule has 0 radical (unpaired) electrons. The first-order chi connectivity index (χ1) is 8.28. The first kappa shape index (κ1) is 11.0. The van der Waals surface area contributed by atoms with Crippen molar-refractivity contribution in [1.82, 2.24) is 10.3 Å². The quantitative estimate of drug-likeness (QED) is 0.734. The summed E-state index contributed by atoms with van der Waals surface area (Å²) in [6.07, 6.45) is 0. The number of hydrogen-bond acceptors (Lipinski definition) is 5. The van der Waals surface area contributed by atoms with Crippen molar-refractivity contribution in [3.05, 3.63) is 23.9 Å². The minimum Gasteiger partial charge on any atom is -0.378 e. The minimum atomic E-state index is -0.275. The van der Waals surface area contributed by atoms with E-state index in [2.05, 4.69) is 10.2 Å². The monoisotopic (exact) mass is 234 g/mol. The third-order valence-electron chi connectivity index (χ3n) is 3.46. The summed E-state index contributed by atoms with van der Waals surface area (Å²) in [5.74, 6) is 1.02. The molecule has 2 saturated heterocycles. The highest BCUT2D eigenvalue weighted by Gasteiger charge is 2.35. The van der Waals surface area contributed by atoms with Gasteiger partial charge < -0.3 is 20.7 Å². The fraction of sp³-hybridized carbons (Fsp3) is 0.583. The molecule has 5 heteroatoms. The normalized spacial score (nSPS) is 23.2. The van der Waals surface area contributed by atoms with Crippen molar-refractivity contribution in [1.29, 1.82) is 0 Å². The van der Waals surface area contributed by atoms with E-state index in [0.29, 0.717) is 0 Å². The van der Waals surface area contributed by atoms with Gasteiger partial charge in [0.25, 0.3) is 0 Å². The molecular weight excluding hydrogens is 216 g/mol. The highest BCUT2D eigenvalue weighted by molar-refractivity contribution is 5.41. The zero-order valence-corrected chi connectivity index (χ0v) is 9.85. The Morgan fingerprint density at radius 3 is 2.71 bits per heavy atom. The molecule has 5 nitrogen and oxygen atoms in total. The van der Waals surface area contributed by atoms with E-state index in [-0.39, 0.29) is 5.54 Å². The van der Waals surface area contributed by atoms with E-state index in [1.165, 1.54) is 0 Å². The predicted octanol–water partition coefficient (Wildman–Crippen LogP) is -0.325. The molecule has 0 amide bonds. The molecule has 2 aliphatic heterocycles. The summed E-state index contributed by atoms with van der Waals surface area (Å²) in [7, 11) is 0. The lowest BCUT2D eigenvalue weighted by Crippen LogP contribution is -2.63. The molecule has 2 fully saturated rings. The van der Waals surface area contributed by atoms with Crippen LogP contribution in [0, 0.1) is 0 Å².